The van der Waals surface area contributed by atoms with Gasteiger partial charge in [0.1, 0.15) is 48.5 Å². The summed E-state index contributed by atoms with van der Waals surface area (Å²) in [5.74, 6) is -0.0540. The lowest BCUT2D eigenvalue weighted by atomic mass is 10.1. The molecule has 6 rings (SSSR count). The number of H-pyrrole nitrogens is 1. The van der Waals surface area contributed by atoms with Gasteiger partial charge in [0.25, 0.3) is 5.56 Å². The fourth-order valence-corrected chi connectivity index (χ4v) is 4.99. The summed E-state index contributed by atoms with van der Waals surface area (Å²) in [6, 6.07) is 0. The zero-order valence-corrected chi connectivity index (χ0v) is 20.8. The van der Waals surface area contributed by atoms with Crippen LogP contribution < -0.4 is 17.0 Å². The number of methoxy groups -OCH3 is 1. The maximum Gasteiger partial charge on any atom is 0.280 e. The molecule has 4 aromatic heterocycles. The van der Waals surface area contributed by atoms with Gasteiger partial charge in [0.2, 0.25) is 5.95 Å². The number of hydrogen-bond donors (Lipinski definition) is 7. The van der Waals surface area contributed by atoms with Crippen molar-refractivity contribution in [2.75, 3.05) is 25.2 Å². The number of nitrogens with zero attached hydrogens (tertiary/aromatic N) is 7. The molecular weight excluding hydrogens is 536 g/mol. The monoisotopic (exact) mass is 562 g/mol. The number of aromatic nitrogens is 8. The van der Waals surface area contributed by atoms with Crippen LogP contribution in [0.3, 0.4) is 0 Å². The van der Waals surface area contributed by atoms with Crippen LogP contribution in [0.2, 0.25) is 0 Å². The van der Waals surface area contributed by atoms with Crippen molar-refractivity contribution in [2.45, 2.75) is 55.4 Å². The van der Waals surface area contributed by atoms with E-state index in [2.05, 4.69) is 29.9 Å². The molecule has 19 nitrogen and oxygen atoms in total. The maximum atomic E-state index is 12.2. The Hall–Kier alpha value is -3.82. The number of aliphatic hydroxyl groups excluding tert-OH is 4. The Morgan fingerprint density at radius 1 is 1.00 bits per heavy atom. The van der Waals surface area contributed by atoms with E-state index in [0.29, 0.717) is 0 Å². The molecule has 4 aromatic rings. The smallest absolute Gasteiger partial charge is 0.280 e. The van der Waals surface area contributed by atoms with Crippen LogP contribution in [0.4, 0.5) is 11.8 Å². The molecule has 0 aliphatic carbocycles. The van der Waals surface area contributed by atoms with Crippen LogP contribution in [0, 0.1) is 0 Å². The summed E-state index contributed by atoms with van der Waals surface area (Å²) < 4.78 is 26.0. The highest BCUT2D eigenvalue weighted by atomic mass is 16.7. The molecule has 0 saturated carbocycles. The lowest BCUT2D eigenvalue weighted by Gasteiger charge is -2.30. The van der Waals surface area contributed by atoms with Gasteiger partial charge < -0.3 is 50.8 Å². The van der Waals surface area contributed by atoms with Crippen LogP contribution in [-0.4, -0.2) is 116 Å². The topological polar surface area (TPSA) is 277 Å². The van der Waals surface area contributed by atoms with Gasteiger partial charge in [0, 0.05) is 7.11 Å². The van der Waals surface area contributed by atoms with E-state index in [0.717, 1.165) is 0 Å². The third-order valence-electron chi connectivity index (χ3n) is 6.95. The van der Waals surface area contributed by atoms with Crippen molar-refractivity contribution in [1.29, 1.82) is 0 Å². The summed E-state index contributed by atoms with van der Waals surface area (Å²) in [5, 5.41) is 42.5. The molecule has 6 heterocycles. The molecule has 2 aliphatic heterocycles. The van der Waals surface area contributed by atoms with Crippen LogP contribution in [0.25, 0.3) is 22.3 Å². The van der Waals surface area contributed by atoms with E-state index in [1.165, 1.54) is 35.2 Å². The zero-order chi connectivity index (χ0) is 28.3. The van der Waals surface area contributed by atoms with E-state index in [4.69, 9.17) is 30.4 Å². The third kappa shape index (κ3) is 4.07. The predicted octanol–water partition coefficient (Wildman–Crippen LogP) is -3.65. The van der Waals surface area contributed by atoms with Gasteiger partial charge in [-0.1, -0.05) is 0 Å². The fourth-order valence-electron chi connectivity index (χ4n) is 4.99. The second kappa shape index (κ2) is 9.98. The van der Waals surface area contributed by atoms with E-state index >= 15 is 0 Å². The van der Waals surface area contributed by atoms with Crippen LogP contribution in [0.15, 0.2) is 23.8 Å². The largest absolute Gasteiger partial charge is 0.394 e. The number of rotatable bonds is 7. The van der Waals surface area contributed by atoms with Crippen LogP contribution >= 0.6 is 0 Å². The predicted molar refractivity (Wildman–Crippen MR) is 131 cm³/mol. The first kappa shape index (κ1) is 26.4. The van der Waals surface area contributed by atoms with Crippen molar-refractivity contribution in [3.8, 4) is 0 Å². The molecule has 0 aromatic carbocycles. The molecule has 0 radical (unpaired) electrons. The van der Waals surface area contributed by atoms with E-state index in [1.54, 1.807) is 0 Å². The Morgan fingerprint density at radius 2 is 1.73 bits per heavy atom. The van der Waals surface area contributed by atoms with Crippen molar-refractivity contribution >= 4 is 34.1 Å². The van der Waals surface area contributed by atoms with E-state index in [-0.39, 0.29) is 34.1 Å². The van der Waals surface area contributed by atoms with E-state index in [9.17, 15) is 25.2 Å². The van der Waals surface area contributed by atoms with Crippen LogP contribution in [-0.2, 0) is 18.9 Å². The minimum atomic E-state index is -1.56. The average molecular weight is 563 g/mol. The highest BCUT2D eigenvalue weighted by Crippen LogP contribution is 2.38. The number of fused-ring (bicyclic) bond motifs is 2. The molecule has 9 N–H and O–H groups in total. The standard InChI is InChI=1S/C21H26N10O9/c1-37-20(13-10(34)11(35)18(39-13)31-5-27-8-16(31)28-21(23)29-17(8)36)40-12-9(33)6(2-32)38-19(12)30-4-26-7-14(22)24-3-25-15(7)30/h3-6,9-13,18-20,32-35H,2H2,1H3,(H2,22,24,25)(H3,23,28,29,36). The van der Waals surface area contributed by atoms with Crippen molar-refractivity contribution < 1.29 is 39.4 Å². The summed E-state index contributed by atoms with van der Waals surface area (Å²) in [6.07, 6.45) is -7.89. The quantitative estimate of drug-likeness (QED) is 0.107. The normalized spacial score (nSPS) is 31.4. The molecule has 2 fully saturated rings. The van der Waals surface area contributed by atoms with Gasteiger partial charge in [-0.3, -0.25) is 18.9 Å². The van der Waals surface area contributed by atoms with Crippen molar-refractivity contribution in [2.24, 2.45) is 0 Å². The first-order valence-electron chi connectivity index (χ1n) is 12.0. The third-order valence-corrected chi connectivity index (χ3v) is 6.95. The van der Waals surface area contributed by atoms with E-state index in [1.807, 2.05) is 0 Å². The summed E-state index contributed by atoms with van der Waals surface area (Å²) >= 11 is 0. The van der Waals surface area contributed by atoms with E-state index < -0.39 is 67.5 Å². The number of ether oxygens (including phenoxy) is 4. The number of anilines is 2. The highest BCUT2D eigenvalue weighted by molar-refractivity contribution is 5.81. The fraction of sp³-hybridized carbons (Fsp3) is 0.524. The zero-order valence-electron chi connectivity index (χ0n) is 20.8. The minimum absolute atomic E-state index is 0.0201. The number of nitrogens with one attached hydrogen (secondary N) is 1. The Labute approximate surface area is 222 Å². The van der Waals surface area contributed by atoms with Gasteiger partial charge >= 0.3 is 0 Å². The Morgan fingerprint density at radius 3 is 2.45 bits per heavy atom. The molecule has 2 aliphatic rings. The van der Waals surface area contributed by atoms with Crippen molar-refractivity contribution in [1.82, 2.24) is 39.0 Å². The molecule has 0 amide bonds. The van der Waals surface area contributed by atoms with Crippen LogP contribution in [0.1, 0.15) is 12.5 Å². The van der Waals surface area contributed by atoms with Gasteiger partial charge in [-0.25, -0.2) is 19.9 Å². The Bertz CT molecular complexity index is 1590. The number of nitrogen functional groups attached to an aromatic ring is 2. The molecule has 19 heteroatoms. The summed E-state index contributed by atoms with van der Waals surface area (Å²) in [4.78, 5) is 34.8. The van der Waals surface area contributed by atoms with Crippen molar-refractivity contribution in [3.05, 3.63) is 29.3 Å². The lowest BCUT2D eigenvalue weighted by molar-refractivity contribution is -0.246. The molecule has 2 saturated heterocycles. The molecule has 0 bridgehead atoms. The number of aliphatic hydroxyl groups is 4. The number of aromatic amines is 1. The molecule has 9 unspecified atom stereocenters. The van der Waals surface area contributed by atoms with Crippen molar-refractivity contribution in [3.63, 3.8) is 0 Å². The van der Waals surface area contributed by atoms with Crippen LogP contribution in [0.5, 0.6) is 0 Å². The number of hydrogen-bond acceptors (Lipinski definition) is 16. The summed E-state index contributed by atoms with van der Waals surface area (Å²) in [5.41, 5.74) is 11.5. The first-order valence-corrected chi connectivity index (χ1v) is 12.0. The highest BCUT2D eigenvalue weighted by Gasteiger charge is 2.52. The molecule has 40 heavy (non-hydrogen) atoms. The van der Waals surface area contributed by atoms with Gasteiger partial charge in [-0.05, 0) is 0 Å². The Balaban J connectivity index is 1.30. The SMILES string of the molecule is COC(OC1C(O)C(CO)OC1n1cnc2c(N)ncnc21)C1OC(n2cnc3c(=O)[nH]c(N)nc32)C(O)C1O. The summed E-state index contributed by atoms with van der Waals surface area (Å²) in [6.45, 7) is -0.536. The van der Waals surface area contributed by atoms with Gasteiger partial charge in [-0.15, -0.1) is 0 Å². The maximum absolute atomic E-state index is 12.2. The Kier molecular flexibility index (Phi) is 6.59. The van der Waals surface area contributed by atoms with Gasteiger partial charge in [0.15, 0.2) is 41.4 Å². The van der Waals surface area contributed by atoms with Gasteiger partial charge in [-0.2, -0.15) is 4.98 Å². The minimum Gasteiger partial charge on any atom is -0.394 e. The molecular formula is C21H26N10O9. The second-order valence-corrected chi connectivity index (χ2v) is 9.27. The summed E-state index contributed by atoms with van der Waals surface area (Å²) in [7, 11) is 1.27. The average Bonchev–Trinajstić information content (AvgIpc) is 3.69. The lowest BCUT2D eigenvalue weighted by Crippen LogP contribution is -2.46. The molecule has 9 atom stereocenters. The first-order chi connectivity index (χ1) is 19.2. The van der Waals surface area contributed by atoms with Gasteiger partial charge in [0.05, 0.1) is 19.3 Å². The second-order valence-electron chi connectivity index (χ2n) is 9.27. The number of imidazole rings is 2. The number of nitrogens with two attached hydrogens (primary N) is 2. The molecule has 0 spiro atoms. The molecule has 214 valence electrons.